The minimum absolute atomic E-state index is 0.000440. The molecule has 0 fully saturated rings. The summed E-state index contributed by atoms with van der Waals surface area (Å²) >= 11 is 3.12. The quantitative estimate of drug-likeness (QED) is 0.868. The second-order valence-corrected chi connectivity index (χ2v) is 4.68. The number of Topliss-reactive ketones (excluding diaryl/α,β-unsaturated/α-hetero) is 1. The lowest BCUT2D eigenvalue weighted by Gasteiger charge is -2.12. The largest absolute Gasteiger partial charge is 0.489 e. The van der Waals surface area contributed by atoms with E-state index < -0.39 is 5.82 Å². The summed E-state index contributed by atoms with van der Waals surface area (Å²) in [6.45, 7) is 1.03. The van der Waals surface area contributed by atoms with Crippen LogP contribution in [0.1, 0.15) is 16.8 Å². The molecule has 1 aromatic carbocycles. The minimum Gasteiger partial charge on any atom is -0.489 e. The predicted molar refractivity (Wildman–Crippen MR) is 68.0 cm³/mol. The summed E-state index contributed by atoms with van der Waals surface area (Å²) in [6.07, 6.45) is 0.725. The summed E-state index contributed by atoms with van der Waals surface area (Å²) in [5.74, 6) is -0.211. The number of halogens is 2. The van der Waals surface area contributed by atoms with E-state index in [0.29, 0.717) is 24.7 Å². The third-order valence-corrected chi connectivity index (χ3v) is 3.27. The van der Waals surface area contributed by atoms with Crippen molar-refractivity contribution in [3.8, 4) is 11.5 Å². The molecule has 1 N–H and O–H groups in total. The molecule has 0 bridgehead atoms. The van der Waals surface area contributed by atoms with Crippen molar-refractivity contribution in [1.82, 2.24) is 5.32 Å². The minimum atomic E-state index is -0.612. The Labute approximate surface area is 113 Å². The number of ketones is 1. The summed E-state index contributed by atoms with van der Waals surface area (Å²) in [6, 6.07) is 1.40. The molecule has 0 radical (unpaired) electrons. The van der Waals surface area contributed by atoms with Gasteiger partial charge < -0.3 is 14.8 Å². The maximum atomic E-state index is 14.1. The van der Waals surface area contributed by atoms with Gasteiger partial charge in [-0.05, 0) is 29.0 Å². The van der Waals surface area contributed by atoms with Crippen LogP contribution in [0, 0.1) is 5.82 Å². The van der Waals surface area contributed by atoms with E-state index in [9.17, 15) is 9.18 Å². The van der Waals surface area contributed by atoms with Gasteiger partial charge in [0.15, 0.2) is 23.1 Å². The molecule has 6 heteroatoms. The molecule has 0 spiro atoms. The van der Waals surface area contributed by atoms with Crippen molar-refractivity contribution in [2.45, 2.75) is 6.42 Å². The van der Waals surface area contributed by atoms with Crippen molar-refractivity contribution in [1.29, 1.82) is 0 Å². The van der Waals surface area contributed by atoms with Crippen LogP contribution in [0.25, 0.3) is 0 Å². The summed E-state index contributed by atoms with van der Waals surface area (Å²) in [7, 11) is 1.63. The lowest BCUT2D eigenvalue weighted by Crippen LogP contribution is -2.20. The zero-order chi connectivity index (χ0) is 13.1. The molecular formula is C12H13BrFNO3. The maximum absolute atomic E-state index is 14.1. The first-order valence-corrected chi connectivity index (χ1v) is 6.40. The first-order chi connectivity index (χ1) is 8.65. The Kier molecular flexibility index (Phi) is 4.19. The number of ether oxygens (including phenoxy) is 2. The highest BCUT2D eigenvalue weighted by molar-refractivity contribution is 9.10. The highest BCUT2D eigenvalue weighted by Gasteiger charge is 2.23. The molecule has 0 amide bonds. The predicted octanol–water partition coefficient (Wildman–Crippen LogP) is 2.15. The summed E-state index contributed by atoms with van der Waals surface area (Å²) < 4.78 is 25.1. The van der Waals surface area contributed by atoms with E-state index >= 15 is 0 Å². The Morgan fingerprint density at radius 3 is 2.94 bits per heavy atom. The fourth-order valence-electron chi connectivity index (χ4n) is 1.70. The monoisotopic (exact) mass is 317 g/mol. The number of benzene rings is 1. The van der Waals surface area contributed by atoms with Gasteiger partial charge in [0, 0.05) is 6.42 Å². The van der Waals surface area contributed by atoms with E-state index in [1.165, 1.54) is 6.07 Å². The maximum Gasteiger partial charge on any atom is 0.179 e. The second-order valence-electron chi connectivity index (χ2n) is 3.88. The lowest BCUT2D eigenvalue weighted by atomic mass is 10.1. The van der Waals surface area contributed by atoms with Crippen LogP contribution < -0.4 is 14.8 Å². The number of nitrogens with one attached hydrogen (secondary N) is 1. The number of likely N-dealkylation sites (N-methyl/N-ethyl adjacent to an activating group) is 1. The third kappa shape index (κ3) is 2.49. The van der Waals surface area contributed by atoms with Crippen LogP contribution in [0.2, 0.25) is 0 Å². The SMILES string of the molecule is CNCC(=O)c1cc2c(c(Br)c1F)OCCCO2. The van der Waals surface area contributed by atoms with Gasteiger partial charge in [-0.3, -0.25) is 4.79 Å². The Morgan fingerprint density at radius 1 is 1.50 bits per heavy atom. The number of hydrogen-bond acceptors (Lipinski definition) is 4. The molecule has 0 saturated carbocycles. The van der Waals surface area contributed by atoms with Gasteiger partial charge in [0.25, 0.3) is 0 Å². The van der Waals surface area contributed by atoms with Crippen LogP contribution in [0.15, 0.2) is 10.5 Å². The van der Waals surface area contributed by atoms with Gasteiger partial charge >= 0.3 is 0 Å². The van der Waals surface area contributed by atoms with Gasteiger partial charge in [0.05, 0.1) is 29.8 Å². The zero-order valence-corrected chi connectivity index (χ0v) is 11.5. The zero-order valence-electron chi connectivity index (χ0n) is 9.89. The van der Waals surface area contributed by atoms with Crippen LogP contribution in [0.4, 0.5) is 4.39 Å². The van der Waals surface area contributed by atoms with Crippen molar-refractivity contribution in [2.24, 2.45) is 0 Å². The van der Waals surface area contributed by atoms with Crippen molar-refractivity contribution >= 4 is 21.7 Å². The molecule has 2 rings (SSSR count). The first kappa shape index (κ1) is 13.3. The molecular weight excluding hydrogens is 305 g/mol. The van der Waals surface area contributed by atoms with Gasteiger partial charge in [-0.15, -0.1) is 0 Å². The molecule has 0 aromatic heterocycles. The summed E-state index contributed by atoms with van der Waals surface area (Å²) in [5.41, 5.74) is 0.000440. The number of carbonyl (C=O) groups excluding carboxylic acids is 1. The van der Waals surface area contributed by atoms with Crippen molar-refractivity contribution < 1.29 is 18.7 Å². The molecule has 0 saturated heterocycles. The van der Waals surface area contributed by atoms with Crippen LogP contribution in [-0.2, 0) is 0 Å². The van der Waals surface area contributed by atoms with Crippen molar-refractivity contribution in [3.63, 3.8) is 0 Å². The van der Waals surface area contributed by atoms with Crippen molar-refractivity contribution in [2.75, 3.05) is 26.8 Å². The number of hydrogen-bond donors (Lipinski definition) is 1. The van der Waals surface area contributed by atoms with Gasteiger partial charge in [-0.25, -0.2) is 4.39 Å². The average molecular weight is 318 g/mol. The molecule has 0 aliphatic carbocycles. The van der Waals surface area contributed by atoms with E-state index in [1.54, 1.807) is 7.05 Å². The van der Waals surface area contributed by atoms with E-state index in [2.05, 4.69) is 21.2 Å². The molecule has 1 aliphatic heterocycles. The fourth-order valence-corrected chi connectivity index (χ4v) is 2.23. The van der Waals surface area contributed by atoms with E-state index in [-0.39, 0.29) is 22.4 Å². The first-order valence-electron chi connectivity index (χ1n) is 5.60. The van der Waals surface area contributed by atoms with Crippen LogP contribution >= 0.6 is 15.9 Å². The highest BCUT2D eigenvalue weighted by atomic mass is 79.9. The molecule has 18 heavy (non-hydrogen) atoms. The van der Waals surface area contributed by atoms with Gasteiger partial charge in [-0.2, -0.15) is 0 Å². The summed E-state index contributed by atoms with van der Waals surface area (Å²) in [4.78, 5) is 11.8. The molecule has 1 aromatic rings. The van der Waals surface area contributed by atoms with Gasteiger partial charge in [0.2, 0.25) is 0 Å². The standard InChI is InChI=1S/C12H13BrFNO3/c1-15-6-8(16)7-5-9-12(10(13)11(7)14)18-4-2-3-17-9/h5,15H,2-4,6H2,1H3. The molecule has 1 aliphatic rings. The molecule has 0 atom stereocenters. The van der Waals surface area contributed by atoms with E-state index in [1.807, 2.05) is 0 Å². The topological polar surface area (TPSA) is 47.6 Å². The molecule has 1 heterocycles. The van der Waals surface area contributed by atoms with Gasteiger partial charge in [0.1, 0.15) is 0 Å². The van der Waals surface area contributed by atoms with E-state index in [4.69, 9.17) is 9.47 Å². The smallest absolute Gasteiger partial charge is 0.179 e. The molecule has 98 valence electrons. The highest BCUT2D eigenvalue weighted by Crippen LogP contribution is 2.40. The van der Waals surface area contributed by atoms with Crippen LogP contribution in [-0.4, -0.2) is 32.6 Å². The van der Waals surface area contributed by atoms with Crippen molar-refractivity contribution in [3.05, 3.63) is 21.9 Å². The van der Waals surface area contributed by atoms with Gasteiger partial charge in [-0.1, -0.05) is 0 Å². The summed E-state index contributed by atoms with van der Waals surface area (Å²) in [5, 5.41) is 2.70. The Hall–Kier alpha value is -1.14. The Morgan fingerprint density at radius 2 is 2.22 bits per heavy atom. The molecule has 4 nitrogen and oxygen atoms in total. The molecule has 0 unspecified atom stereocenters. The number of fused-ring (bicyclic) bond motifs is 1. The Bertz CT molecular complexity index is 479. The normalized spacial score (nSPS) is 14.2. The second kappa shape index (κ2) is 5.67. The van der Waals surface area contributed by atoms with Crippen LogP contribution in [0.5, 0.6) is 11.5 Å². The average Bonchev–Trinajstić information content (AvgIpc) is 2.59. The van der Waals surface area contributed by atoms with Crippen LogP contribution in [0.3, 0.4) is 0 Å². The lowest BCUT2D eigenvalue weighted by molar-refractivity contribution is 0.0989. The van der Waals surface area contributed by atoms with E-state index in [0.717, 1.165) is 6.42 Å². The third-order valence-electron chi connectivity index (χ3n) is 2.56. The number of carbonyl (C=O) groups is 1. The Balaban J connectivity index is 2.47. The number of rotatable bonds is 3. The fraction of sp³-hybridized carbons (Fsp3) is 0.417.